The highest BCUT2D eigenvalue weighted by molar-refractivity contribution is 5.26. The number of likely N-dealkylation sites (tertiary alicyclic amines) is 1. The van der Waals surface area contributed by atoms with E-state index in [4.69, 9.17) is 4.74 Å². The van der Waals surface area contributed by atoms with Gasteiger partial charge < -0.3 is 4.74 Å². The van der Waals surface area contributed by atoms with E-state index in [2.05, 4.69) is 18.7 Å². The van der Waals surface area contributed by atoms with Crippen LogP contribution in [0.15, 0.2) is 18.2 Å². The summed E-state index contributed by atoms with van der Waals surface area (Å²) >= 11 is 0. The smallest absolute Gasteiger partial charge is 0.191 e. The zero-order chi connectivity index (χ0) is 11.7. The second-order valence-electron chi connectivity index (χ2n) is 4.34. The zero-order valence-electron chi connectivity index (χ0n) is 9.41. The van der Waals surface area contributed by atoms with Gasteiger partial charge in [0.2, 0.25) is 0 Å². The lowest BCUT2D eigenvalue weighted by Gasteiger charge is -2.41. The molecule has 2 nitrogen and oxygen atoms in total. The summed E-state index contributed by atoms with van der Waals surface area (Å²) in [5.41, 5.74) is 0. The first kappa shape index (κ1) is 11.3. The highest BCUT2D eigenvalue weighted by Gasteiger charge is 2.31. The molecule has 0 saturated carbocycles. The van der Waals surface area contributed by atoms with Crippen LogP contribution in [0.1, 0.15) is 13.8 Å². The topological polar surface area (TPSA) is 12.5 Å². The number of benzene rings is 1. The van der Waals surface area contributed by atoms with Crippen LogP contribution in [0.2, 0.25) is 0 Å². The molecular formula is C12H15F2NO. The van der Waals surface area contributed by atoms with Crippen molar-refractivity contribution in [2.75, 3.05) is 13.1 Å². The average Bonchev–Trinajstić information content (AvgIpc) is 2.13. The minimum Gasteiger partial charge on any atom is -0.482 e. The summed E-state index contributed by atoms with van der Waals surface area (Å²) in [5.74, 6) is -1.53. The van der Waals surface area contributed by atoms with Gasteiger partial charge in [0.15, 0.2) is 17.4 Å². The summed E-state index contributed by atoms with van der Waals surface area (Å²) < 4.78 is 31.8. The van der Waals surface area contributed by atoms with Gasteiger partial charge in [-0.15, -0.1) is 0 Å². The van der Waals surface area contributed by atoms with E-state index in [1.54, 1.807) is 0 Å². The number of hydrogen-bond acceptors (Lipinski definition) is 2. The van der Waals surface area contributed by atoms with Crippen molar-refractivity contribution < 1.29 is 13.5 Å². The molecule has 16 heavy (non-hydrogen) atoms. The first-order valence-electron chi connectivity index (χ1n) is 5.42. The summed E-state index contributed by atoms with van der Waals surface area (Å²) in [5, 5.41) is 0. The van der Waals surface area contributed by atoms with Crippen LogP contribution >= 0.6 is 0 Å². The number of halogens is 2. The van der Waals surface area contributed by atoms with Crippen LogP contribution in [0.5, 0.6) is 5.75 Å². The molecule has 0 bridgehead atoms. The fourth-order valence-electron chi connectivity index (χ4n) is 1.73. The molecule has 1 aromatic carbocycles. The van der Waals surface area contributed by atoms with Crippen molar-refractivity contribution in [1.82, 2.24) is 4.90 Å². The molecule has 88 valence electrons. The molecule has 0 amide bonds. The zero-order valence-corrected chi connectivity index (χ0v) is 9.41. The van der Waals surface area contributed by atoms with Crippen molar-refractivity contribution in [2.24, 2.45) is 0 Å². The Morgan fingerprint density at radius 1 is 1.25 bits per heavy atom. The van der Waals surface area contributed by atoms with Crippen molar-refractivity contribution in [3.05, 3.63) is 29.8 Å². The molecule has 0 spiro atoms. The Morgan fingerprint density at radius 2 is 1.81 bits per heavy atom. The molecule has 0 aromatic heterocycles. The van der Waals surface area contributed by atoms with Gasteiger partial charge >= 0.3 is 0 Å². The summed E-state index contributed by atoms with van der Waals surface area (Å²) in [4.78, 5) is 2.18. The van der Waals surface area contributed by atoms with Crippen LogP contribution in [0.4, 0.5) is 8.78 Å². The molecule has 4 heteroatoms. The van der Waals surface area contributed by atoms with Crippen molar-refractivity contribution in [2.45, 2.75) is 26.0 Å². The lowest BCUT2D eigenvalue weighted by Crippen LogP contribution is -2.56. The van der Waals surface area contributed by atoms with Gasteiger partial charge in [-0.2, -0.15) is 0 Å². The average molecular weight is 227 g/mol. The summed E-state index contributed by atoms with van der Waals surface area (Å²) in [6.45, 7) is 5.62. The Bertz CT molecular complexity index is 355. The molecule has 0 N–H and O–H groups in total. The Balaban J connectivity index is 1.96. The Hall–Kier alpha value is -1.16. The summed E-state index contributed by atoms with van der Waals surface area (Å²) in [7, 11) is 0. The standard InChI is InChI=1S/C12H15F2NO/c1-8(2)15-6-9(7-15)16-12-10(13)4-3-5-11(12)14/h3-5,8-9H,6-7H2,1-2H3. The van der Waals surface area contributed by atoms with E-state index in [-0.39, 0.29) is 11.9 Å². The minimum absolute atomic E-state index is 0.103. The summed E-state index contributed by atoms with van der Waals surface area (Å²) in [6.07, 6.45) is -0.103. The Morgan fingerprint density at radius 3 is 2.31 bits per heavy atom. The van der Waals surface area contributed by atoms with Gasteiger partial charge in [-0.1, -0.05) is 6.07 Å². The molecule has 0 unspecified atom stereocenters. The highest BCUT2D eigenvalue weighted by Crippen LogP contribution is 2.25. The maximum atomic E-state index is 13.2. The van der Waals surface area contributed by atoms with Gasteiger partial charge in [-0.05, 0) is 26.0 Å². The second kappa shape index (κ2) is 4.37. The SMILES string of the molecule is CC(C)N1CC(Oc2c(F)cccc2F)C1. The monoisotopic (exact) mass is 227 g/mol. The van der Waals surface area contributed by atoms with Crippen LogP contribution < -0.4 is 4.74 Å². The van der Waals surface area contributed by atoms with Gasteiger partial charge in [0, 0.05) is 19.1 Å². The molecule has 1 aliphatic heterocycles. The lowest BCUT2D eigenvalue weighted by molar-refractivity contribution is -0.00388. The van der Waals surface area contributed by atoms with Gasteiger partial charge in [0.1, 0.15) is 6.10 Å². The molecule has 0 atom stereocenters. The van der Waals surface area contributed by atoms with E-state index in [1.807, 2.05) is 0 Å². The Labute approximate surface area is 93.8 Å². The molecule has 1 fully saturated rings. The Kier molecular flexibility index (Phi) is 3.10. The molecule has 0 radical (unpaired) electrons. The number of hydrogen-bond donors (Lipinski definition) is 0. The fourth-order valence-corrected chi connectivity index (χ4v) is 1.73. The van der Waals surface area contributed by atoms with Gasteiger partial charge in [0.25, 0.3) is 0 Å². The predicted molar refractivity (Wildman–Crippen MR) is 57.5 cm³/mol. The van der Waals surface area contributed by atoms with Crippen LogP contribution in [0.25, 0.3) is 0 Å². The van der Waals surface area contributed by atoms with Crippen LogP contribution in [0, 0.1) is 11.6 Å². The molecule has 0 aliphatic carbocycles. The van der Waals surface area contributed by atoms with Crippen LogP contribution in [0.3, 0.4) is 0 Å². The molecule has 1 saturated heterocycles. The number of ether oxygens (including phenoxy) is 1. The molecular weight excluding hydrogens is 212 g/mol. The van der Waals surface area contributed by atoms with Crippen molar-refractivity contribution in [3.8, 4) is 5.75 Å². The normalized spacial score (nSPS) is 17.6. The van der Waals surface area contributed by atoms with Gasteiger partial charge in [-0.25, -0.2) is 8.78 Å². The van der Waals surface area contributed by atoms with Crippen molar-refractivity contribution in [3.63, 3.8) is 0 Å². The first-order valence-corrected chi connectivity index (χ1v) is 5.42. The van der Waals surface area contributed by atoms with E-state index >= 15 is 0 Å². The van der Waals surface area contributed by atoms with Crippen LogP contribution in [-0.4, -0.2) is 30.1 Å². The van der Waals surface area contributed by atoms with E-state index in [1.165, 1.54) is 18.2 Å². The van der Waals surface area contributed by atoms with E-state index in [0.717, 1.165) is 13.1 Å². The van der Waals surface area contributed by atoms with Crippen molar-refractivity contribution >= 4 is 0 Å². The number of nitrogens with zero attached hydrogens (tertiary/aromatic N) is 1. The minimum atomic E-state index is -0.636. The quantitative estimate of drug-likeness (QED) is 0.786. The molecule has 2 rings (SSSR count). The molecule has 1 aliphatic rings. The second-order valence-corrected chi connectivity index (χ2v) is 4.34. The maximum absolute atomic E-state index is 13.2. The summed E-state index contributed by atoms with van der Waals surface area (Å²) in [6, 6.07) is 4.19. The third kappa shape index (κ3) is 2.16. The predicted octanol–water partition coefficient (Wildman–Crippen LogP) is 2.44. The van der Waals surface area contributed by atoms with Gasteiger partial charge in [0.05, 0.1) is 0 Å². The van der Waals surface area contributed by atoms with E-state index < -0.39 is 11.6 Å². The van der Waals surface area contributed by atoms with Gasteiger partial charge in [-0.3, -0.25) is 4.90 Å². The maximum Gasteiger partial charge on any atom is 0.191 e. The third-order valence-corrected chi connectivity index (χ3v) is 2.81. The number of para-hydroxylation sites is 1. The molecule has 1 heterocycles. The van der Waals surface area contributed by atoms with Crippen molar-refractivity contribution in [1.29, 1.82) is 0 Å². The number of rotatable bonds is 3. The third-order valence-electron chi connectivity index (χ3n) is 2.81. The van der Waals surface area contributed by atoms with E-state index in [9.17, 15) is 8.78 Å². The lowest BCUT2D eigenvalue weighted by atomic mass is 10.1. The largest absolute Gasteiger partial charge is 0.482 e. The fraction of sp³-hybridized carbons (Fsp3) is 0.500. The van der Waals surface area contributed by atoms with E-state index in [0.29, 0.717) is 6.04 Å². The van der Waals surface area contributed by atoms with Crippen LogP contribution in [-0.2, 0) is 0 Å². The first-order chi connectivity index (χ1) is 7.58. The molecule has 1 aromatic rings. The highest BCUT2D eigenvalue weighted by atomic mass is 19.1.